The first-order chi connectivity index (χ1) is 11.4. The van der Waals surface area contributed by atoms with E-state index in [-0.39, 0.29) is 25.4 Å². The van der Waals surface area contributed by atoms with Crippen molar-refractivity contribution in [3.8, 4) is 0 Å². The average Bonchev–Trinajstić information content (AvgIpc) is 2.97. The number of rotatable bonds is 8. The van der Waals surface area contributed by atoms with Crippen molar-refractivity contribution < 1.29 is 12.8 Å². The number of hydrogen-bond donors (Lipinski definition) is 0. The summed E-state index contributed by atoms with van der Waals surface area (Å²) in [5.41, 5.74) is 0.340. The molecule has 130 valence electrons. The lowest BCUT2D eigenvalue weighted by Gasteiger charge is -2.20. The Labute approximate surface area is 146 Å². The molecule has 0 saturated carbocycles. The fourth-order valence-electron chi connectivity index (χ4n) is 2.25. The molecule has 0 aliphatic carbocycles. The molecule has 0 saturated heterocycles. The predicted molar refractivity (Wildman–Crippen MR) is 92.8 cm³/mol. The summed E-state index contributed by atoms with van der Waals surface area (Å²) in [6, 6.07) is 4.49. The summed E-state index contributed by atoms with van der Waals surface area (Å²) in [7, 11) is -3.40. The van der Waals surface area contributed by atoms with Crippen molar-refractivity contribution in [1.29, 1.82) is 0 Å². The number of imidazole rings is 1. The predicted octanol–water partition coefficient (Wildman–Crippen LogP) is 3.06. The fourth-order valence-corrected chi connectivity index (χ4v) is 3.48. The molecule has 0 bridgehead atoms. The molecule has 0 aliphatic heterocycles. The van der Waals surface area contributed by atoms with E-state index in [1.807, 2.05) is 0 Å². The quantitative estimate of drug-likeness (QED) is 0.670. The van der Waals surface area contributed by atoms with Crippen molar-refractivity contribution in [3.63, 3.8) is 0 Å². The zero-order chi connectivity index (χ0) is 17.7. The van der Waals surface area contributed by atoms with Gasteiger partial charge in [0.25, 0.3) is 0 Å². The summed E-state index contributed by atoms with van der Waals surface area (Å²) < 4.78 is 41.2. The number of hydrogen-bond acceptors (Lipinski definition) is 3. The van der Waals surface area contributed by atoms with Crippen molar-refractivity contribution in [2.24, 2.45) is 0 Å². The minimum atomic E-state index is -3.40. The summed E-state index contributed by atoms with van der Waals surface area (Å²) in [6.45, 7) is 5.62. The van der Waals surface area contributed by atoms with E-state index >= 15 is 0 Å². The van der Waals surface area contributed by atoms with Crippen LogP contribution in [0.5, 0.6) is 0 Å². The van der Waals surface area contributed by atoms with E-state index in [2.05, 4.69) is 11.6 Å². The Balaban J connectivity index is 2.28. The molecule has 0 unspecified atom stereocenters. The molecule has 0 aliphatic rings. The molecule has 24 heavy (non-hydrogen) atoms. The lowest BCUT2D eigenvalue weighted by molar-refractivity contribution is 0.421. The Morgan fingerprint density at radius 3 is 2.83 bits per heavy atom. The molecule has 0 spiro atoms. The van der Waals surface area contributed by atoms with Crippen molar-refractivity contribution >= 4 is 21.6 Å². The summed E-state index contributed by atoms with van der Waals surface area (Å²) in [6.07, 6.45) is 4.74. The van der Waals surface area contributed by atoms with Gasteiger partial charge in [-0.3, -0.25) is 0 Å². The van der Waals surface area contributed by atoms with E-state index in [1.165, 1.54) is 22.5 Å². The second-order valence-corrected chi connectivity index (χ2v) is 7.82. The summed E-state index contributed by atoms with van der Waals surface area (Å²) in [4.78, 5) is 4.20. The van der Waals surface area contributed by atoms with Gasteiger partial charge in [-0.15, -0.1) is 6.58 Å². The van der Waals surface area contributed by atoms with Crippen LogP contribution in [0.1, 0.15) is 18.3 Å². The Morgan fingerprint density at radius 2 is 2.21 bits per heavy atom. The first kappa shape index (κ1) is 18.6. The SMILES string of the molecule is C=CCN(Cc1nccn1Cc1c(F)cccc1Cl)S(=O)(=O)CC. The van der Waals surface area contributed by atoms with Crippen LogP contribution in [0.3, 0.4) is 0 Å². The molecular weight excluding hydrogens is 353 g/mol. The van der Waals surface area contributed by atoms with Gasteiger partial charge in [-0.25, -0.2) is 17.8 Å². The highest BCUT2D eigenvalue weighted by Gasteiger charge is 2.21. The average molecular weight is 372 g/mol. The van der Waals surface area contributed by atoms with Crippen molar-refractivity contribution in [2.45, 2.75) is 20.0 Å². The molecule has 1 aromatic heterocycles. The van der Waals surface area contributed by atoms with Gasteiger partial charge < -0.3 is 4.57 Å². The molecule has 1 heterocycles. The Kier molecular flexibility index (Phi) is 6.15. The summed E-state index contributed by atoms with van der Waals surface area (Å²) >= 11 is 6.06. The van der Waals surface area contributed by atoms with Gasteiger partial charge in [0.15, 0.2) is 0 Å². The maximum atomic E-state index is 14.0. The first-order valence-electron chi connectivity index (χ1n) is 7.40. The van der Waals surface area contributed by atoms with E-state index in [9.17, 15) is 12.8 Å². The van der Waals surface area contributed by atoms with Crippen molar-refractivity contribution in [2.75, 3.05) is 12.3 Å². The summed E-state index contributed by atoms with van der Waals surface area (Å²) in [5, 5.41) is 0.318. The second-order valence-electron chi connectivity index (χ2n) is 5.15. The molecule has 5 nitrogen and oxygen atoms in total. The molecule has 2 aromatic rings. The number of sulfonamides is 1. The number of nitrogens with zero attached hydrogens (tertiary/aromatic N) is 3. The third kappa shape index (κ3) is 4.23. The van der Waals surface area contributed by atoms with Crippen LogP contribution in [0.15, 0.2) is 43.2 Å². The van der Waals surface area contributed by atoms with Gasteiger partial charge in [-0.05, 0) is 19.1 Å². The van der Waals surface area contributed by atoms with Crippen molar-refractivity contribution in [1.82, 2.24) is 13.9 Å². The lowest BCUT2D eigenvalue weighted by Crippen LogP contribution is -2.33. The van der Waals surface area contributed by atoms with Gasteiger partial charge in [0.2, 0.25) is 10.0 Å². The van der Waals surface area contributed by atoms with E-state index in [0.29, 0.717) is 16.4 Å². The van der Waals surface area contributed by atoms with Gasteiger partial charge >= 0.3 is 0 Å². The highest BCUT2D eigenvalue weighted by Crippen LogP contribution is 2.21. The molecule has 0 radical (unpaired) electrons. The molecule has 0 atom stereocenters. The third-order valence-electron chi connectivity index (χ3n) is 3.60. The second kappa shape index (κ2) is 7.92. The molecule has 1 aromatic carbocycles. The van der Waals surface area contributed by atoms with E-state index < -0.39 is 15.8 Å². The smallest absolute Gasteiger partial charge is 0.214 e. The zero-order valence-corrected chi connectivity index (χ0v) is 14.9. The third-order valence-corrected chi connectivity index (χ3v) is 5.75. The van der Waals surface area contributed by atoms with Gasteiger partial charge in [0, 0.05) is 29.5 Å². The molecule has 8 heteroatoms. The fraction of sp³-hybridized carbons (Fsp3) is 0.312. The molecule has 0 amide bonds. The first-order valence-corrected chi connectivity index (χ1v) is 9.39. The number of halogens is 2. The highest BCUT2D eigenvalue weighted by molar-refractivity contribution is 7.89. The van der Waals surface area contributed by atoms with Crippen LogP contribution in [0, 0.1) is 5.82 Å². The Bertz CT molecular complexity index is 800. The molecule has 0 fully saturated rings. The van der Waals surface area contributed by atoms with Gasteiger partial charge in [0.05, 0.1) is 18.8 Å². The van der Waals surface area contributed by atoms with Crippen LogP contribution >= 0.6 is 11.6 Å². The van der Waals surface area contributed by atoms with Crippen LogP contribution < -0.4 is 0 Å². The molecule has 2 rings (SSSR count). The Hall–Kier alpha value is -1.70. The maximum absolute atomic E-state index is 14.0. The van der Waals surface area contributed by atoms with Crippen LogP contribution in [-0.2, 0) is 23.1 Å². The van der Waals surface area contributed by atoms with Gasteiger partial charge in [-0.1, -0.05) is 23.7 Å². The van der Waals surface area contributed by atoms with Gasteiger partial charge in [0.1, 0.15) is 11.6 Å². The largest absolute Gasteiger partial charge is 0.329 e. The van der Waals surface area contributed by atoms with Crippen LogP contribution in [0.25, 0.3) is 0 Å². The maximum Gasteiger partial charge on any atom is 0.214 e. The zero-order valence-electron chi connectivity index (χ0n) is 13.3. The topological polar surface area (TPSA) is 55.2 Å². The van der Waals surface area contributed by atoms with Crippen molar-refractivity contribution in [3.05, 3.63) is 65.5 Å². The van der Waals surface area contributed by atoms with Crippen LogP contribution in [-0.4, -0.2) is 34.6 Å². The van der Waals surface area contributed by atoms with Crippen LogP contribution in [0.4, 0.5) is 4.39 Å². The van der Waals surface area contributed by atoms with Gasteiger partial charge in [-0.2, -0.15) is 4.31 Å². The standard InChI is InChI=1S/C16H19ClFN3O2S/c1-3-9-21(24(22,23)4-2)12-16-19-8-10-20(16)11-13-14(17)6-5-7-15(13)18/h3,5-8,10H,1,4,9,11-12H2,2H3. The lowest BCUT2D eigenvalue weighted by atomic mass is 10.2. The highest BCUT2D eigenvalue weighted by atomic mass is 35.5. The minimum absolute atomic E-state index is 0.0132. The van der Waals surface area contributed by atoms with E-state index in [4.69, 9.17) is 11.6 Å². The molecular formula is C16H19ClFN3O2S. The number of aromatic nitrogens is 2. The summed E-state index contributed by atoms with van der Waals surface area (Å²) in [5.74, 6) is 0.0835. The minimum Gasteiger partial charge on any atom is -0.329 e. The van der Waals surface area contributed by atoms with E-state index in [1.54, 1.807) is 30.0 Å². The van der Waals surface area contributed by atoms with E-state index in [0.717, 1.165) is 0 Å². The Morgan fingerprint density at radius 1 is 1.46 bits per heavy atom. The van der Waals surface area contributed by atoms with Crippen LogP contribution in [0.2, 0.25) is 5.02 Å². The monoisotopic (exact) mass is 371 g/mol. The number of benzene rings is 1. The molecule has 0 N–H and O–H groups in total. The normalized spacial score (nSPS) is 11.8.